The lowest BCUT2D eigenvalue weighted by molar-refractivity contribution is 0.0180. The smallest absolute Gasteiger partial charge is 0.410 e. The van der Waals surface area contributed by atoms with Crippen LogP contribution >= 0.6 is 0 Å². The molecule has 2 saturated heterocycles. The molecule has 0 aromatic rings. The third-order valence-electron chi connectivity index (χ3n) is 4.64. The van der Waals surface area contributed by atoms with Crippen molar-refractivity contribution in [3.05, 3.63) is 0 Å². The minimum atomic E-state index is -3.11. The van der Waals surface area contributed by atoms with Crippen molar-refractivity contribution < 1.29 is 17.9 Å². The summed E-state index contributed by atoms with van der Waals surface area (Å²) in [6, 6.07) is 0. The van der Waals surface area contributed by atoms with E-state index in [0.717, 1.165) is 0 Å². The largest absolute Gasteiger partial charge is 0.444 e. The predicted octanol–water partition coefficient (Wildman–Crippen LogP) is 1.15. The lowest BCUT2D eigenvalue weighted by atomic mass is 9.82. The van der Waals surface area contributed by atoms with Crippen LogP contribution in [0.2, 0.25) is 0 Å². The van der Waals surface area contributed by atoms with Gasteiger partial charge in [-0.05, 0) is 52.5 Å². The Morgan fingerprint density at radius 1 is 1.33 bits per heavy atom. The van der Waals surface area contributed by atoms with Gasteiger partial charge < -0.3 is 15.4 Å². The summed E-state index contributed by atoms with van der Waals surface area (Å²) in [5.74, 6) is 0.240. The Kier molecular flexibility index (Phi) is 4.28. The molecule has 1 unspecified atom stereocenters. The minimum Gasteiger partial charge on any atom is -0.444 e. The number of hydrogen-bond donors (Lipinski definition) is 1. The zero-order valence-corrected chi connectivity index (χ0v) is 13.9. The highest BCUT2D eigenvalue weighted by Crippen LogP contribution is 2.44. The number of nitrogens with two attached hydrogens (primary N) is 1. The van der Waals surface area contributed by atoms with Crippen LogP contribution in [0.3, 0.4) is 0 Å². The molecule has 2 N–H and O–H groups in total. The molecule has 1 spiro atoms. The van der Waals surface area contributed by atoms with Gasteiger partial charge in [0, 0.05) is 13.1 Å². The molecule has 1 amide bonds. The molecule has 2 aliphatic heterocycles. The van der Waals surface area contributed by atoms with Crippen LogP contribution in [0.15, 0.2) is 0 Å². The van der Waals surface area contributed by atoms with Crippen molar-refractivity contribution in [2.75, 3.05) is 25.4 Å². The molecule has 6 nitrogen and oxygen atoms in total. The Bertz CT molecular complexity index is 502. The van der Waals surface area contributed by atoms with E-state index in [1.54, 1.807) is 4.90 Å². The van der Waals surface area contributed by atoms with Crippen LogP contribution in [-0.4, -0.2) is 55.1 Å². The van der Waals surface area contributed by atoms with E-state index < -0.39 is 20.2 Å². The third-order valence-corrected chi connectivity index (χ3v) is 7.40. The van der Waals surface area contributed by atoms with Gasteiger partial charge in [0.25, 0.3) is 0 Å². The first kappa shape index (κ1) is 16.5. The molecule has 2 heterocycles. The Balaban J connectivity index is 2.07. The van der Waals surface area contributed by atoms with Gasteiger partial charge in [0.05, 0.1) is 10.5 Å². The minimum absolute atomic E-state index is 0.0169. The third kappa shape index (κ3) is 3.04. The summed E-state index contributed by atoms with van der Waals surface area (Å²) >= 11 is 0. The second-order valence-electron chi connectivity index (χ2n) is 7.07. The average molecular weight is 318 g/mol. The second-order valence-corrected chi connectivity index (χ2v) is 9.52. The summed E-state index contributed by atoms with van der Waals surface area (Å²) < 4.78 is 29.5. The van der Waals surface area contributed by atoms with Crippen LogP contribution in [0.4, 0.5) is 4.79 Å². The summed E-state index contributed by atoms with van der Waals surface area (Å²) in [6.45, 7) is 6.70. The number of likely N-dealkylation sites (tertiary alicyclic amines) is 1. The van der Waals surface area contributed by atoms with Gasteiger partial charge in [0.15, 0.2) is 9.84 Å². The molecule has 1 atom stereocenters. The highest BCUT2D eigenvalue weighted by molar-refractivity contribution is 7.93. The quantitative estimate of drug-likeness (QED) is 0.783. The summed E-state index contributed by atoms with van der Waals surface area (Å²) in [5.41, 5.74) is 5.23. The van der Waals surface area contributed by atoms with E-state index in [1.807, 2.05) is 20.8 Å². The maximum absolute atomic E-state index is 12.4. The van der Waals surface area contributed by atoms with E-state index in [-0.39, 0.29) is 17.8 Å². The summed E-state index contributed by atoms with van der Waals surface area (Å²) in [7, 11) is -3.11. The van der Waals surface area contributed by atoms with E-state index in [4.69, 9.17) is 10.5 Å². The molecular weight excluding hydrogens is 292 g/mol. The van der Waals surface area contributed by atoms with E-state index in [2.05, 4.69) is 0 Å². The molecule has 0 bridgehead atoms. The monoisotopic (exact) mass is 318 g/mol. The topological polar surface area (TPSA) is 89.7 Å². The fourth-order valence-corrected chi connectivity index (χ4v) is 5.99. The van der Waals surface area contributed by atoms with Crippen LogP contribution in [-0.2, 0) is 14.6 Å². The average Bonchev–Trinajstić information content (AvgIpc) is 2.60. The summed E-state index contributed by atoms with van der Waals surface area (Å²) in [5, 5.41) is 0. The zero-order valence-electron chi connectivity index (χ0n) is 13.1. The molecule has 0 aliphatic carbocycles. The van der Waals surface area contributed by atoms with Gasteiger partial charge in [0.2, 0.25) is 0 Å². The molecule has 21 heavy (non-hydrogen) atoms. The fraction of sp³-hybridized carbons (Fsp3) is 0.929. The molecule has 0 aromatic heterocycles. The van der Waals surface area contributed by atoms with Crippen LogP contribution in [0.25, 0.3) is 0 Å². The molecule has 2 aliphatic rings. The van der Waals surface area contributed by atoms with Crippen molar-refractivity contribution in [3.8, 4) is 0 Å². The number of nitrogens with zero attached hydrogens (tertiary/aromatic N) is 1. The van der Waals surface area contributed by atoms with Crippen molar-refractivity contribution in [2.24, 2.45) is 11.7 Å². The van der Waals surface area contributed by atoms with E-state index >= 15 is 0 Å². The molecule has 2 rings (SSSR count). The van der Waals surface area contributed by atoms with Crippen molar-refractivity contribution in [1.82, 2.24) is 4.90 Å². The SMILES string of the molecule is CC(C)(C)OC(=O)N1CCC2(CC1)C(CN)CCS2(=O)=O. The highest BCUT2D eigenvalue weighted by atomic mass is 32.2. The second kappa shape index (κ2) is 5.43. The first-order valence-corrected chi connectivity index (χ1v) is 9.17. The van der Waals surface area contributed by atoms with Crippen molar-refractivity contribution >= 4 is 15.9 Å². The first-order valence-electron chi connectivity index (χ1n) is 7.52. The predicted molar refractivity (Wildman–Crippen MR) is 80.7 cm³/mol. The Morgan fingerprint density at radius 2 is 1.90 bits per heavy atom. The van der Waals surface area contributed by atoms with Crippen molar-refractivity contribution in [3.63, 3.8) is 0 Å². The number of hydrogen-bond acceptors (Lipinski definition) is 5. The molecule has 2 fully saturated rings. The molecular formula is C14H26N2O4S. The lowest BCUT2D eigenvalue weighted by Gasteiger charge is -2.41. The zero-order chi connectivity index (χ0) is 15.9. The van der Waals surface area contributed by atoms with Crippen LogP contribution in [0, 0.1) is 5.92 Å². The van der Waals surface area contributed by atoms with Gasteiger partial charge in [-0.3, -0.25) is 0 Å². The molecule has 0 aromatic carbocycles. The Labute approximate surface area is 126 Å². The van der Waals surface area contributed by atoms with Crippen LogP contribution in [0.5, 0.6) is 0 Å². The molecule has 7 heteroatoms. The number of amides is 1. The maximum Gasteiger partial charge on any atom is 0.410 e. The fourth-order valence-electron chi connectivity index (χ4n) is 3.46. The van der Waals surface area contributed by atoms with Crippen molar-refractivity contribution in [2.45, 2.75) is 50.4 Å². The molecule has 0 saturated carbocycles. The molecule has 122 valence electrons. The highest BCUT2D eigenvalue weighted by Gasteiger charge is 2.55. The van der Waals surface area contributed by atoms with Gasteiger partial charge in [-0.15, -0.1) is 0 Å². The van der Waals surface area contributed by atoms with Gasteiger partial charge >= 0.3 is 6.09 Å². The number of ether oxygens (including phenoxy) is 1. The van der Waals surface area contributed by atoms with Crippen LogP contribution in [0.1, 0.15) is 40.0 Å². The summed E-state index contributed by atoms with van der Waals surface area (Å²) in [6.07, 6.45) is 1.22. The maximum atomic E-state index is 12.4. The van der Waals surface area contributed by atoms with Gasteiger partial charge in [-0.2, -0.15) is 0 Å². The number of piperidine rings is 1. The van der Waals surface area contributed by atoms with Gasteiger partial charge in [-0.1, -0.05) is 0 Å². The van der Waals surface area contributed by atoms with Crippen LogP contribution < -0.4 is 5.73 Å². The summed E-state index contributed by atoms with van der Waals surface area (Å²) in [4.78, 5) is 13.7. The number of rotatable bonds is 1. The van der Waals surface area contributed by atoms with Gasteiger partial charge in [0.1, 0.15) is 5.60 Å². The first-order chi connectivity index (χ1) is 9.61. The normalized spacial score (nSPS) is 27.8. The standard InChI is InChI=1S/C14H26N2O4S/c1-13(2,3)20-12(17)16-7-5-14(6-8-16)11(10-15)4-9-21(14,18)19/h11H,4-10,15H2,1-3H3. The number of carbonyl (C=O) groups is 1. The lowest BCUT2D eigenvalue weighted by Crippen LogP contribution is -2.53. The number of sulfone groups is 1. The van der Waals surface area contributed by atoms with E-state index in [0.29, 0.717) is 38.9 Å². The number of carbonyl (C=O) groups excluding carboxylic acids is 1. The molecule has 0 radical (unpaired) electrons. The van der Waals surface area contributed by atoms with E-state index in [1.165, 1.54) is 0 Å². The van der Waals surface area contributed by atoms with Crippen molar-refractivity contribution in [1.29, 1.82) is 0 Å². The van der Waals surface area contributed by atoms with Gasteiger partial charge in [-0.25, -0.2) is 13.2 Å². The Hall–Kier alpha value is -0.820. The van der Waals surface area contributed by atoms with E-state index in [9.17, 15) is 13.2 Å². The Morgan fingerprint density at radius 3 is 2.38 bits per heavy atom.